The Morgan fingerprint density at radius 1 is 0.809 bits per heavy atom. The van der Waals surface area contributed by atoms with E-state index >= 15 is 0 Å². The minimum Gasteiger partial charge on any atom is -0.365 e. The first-order valence-electron chi connectivity index (χ1n) is 16.1. The highest BCUT2D eigenvalue weighted by atomic mass is 16.2. The van der Waals surface area contributed by atoms with Crippen molar-refractivity contribution in [3.63, 3.8) is 0 Å². The van der Waals surface area contributed by atoms with Crippen LogP contribution in [-0.2, 0) is 5.54 Å². The van der Waals surface area contributed by atoms with Gasteiger partial charge in [-0.05, 0) is 74.1 Å². The lowest BCUT2D eigenvalue weighted by Crippen LogP contribution is -2.55. The number of para-hydroxylation sites is 2. The zero-order valence-electron chi connectivity index (χ0n) is 26.7. The maximum Gasteiger partial charge on any atom is 0.322 e. The van der Waals surface area contributed by atoms with Gasteiger partial charge in [-0.1, -0.05) is 78.9 Å². The number of nitrogens with zero attached hydrogens (tertiary/aromatic N) is 4. The highest BCUT2D eigenvalue weighted by molar-refractivity contribution is 6.04. The normalized spacial score (nSPS) is 20.6. The highest BCUT2D eigenvalue weighted by Gasteiger charge is 2.51. The summed E-state index contributed by atoms with van der Waals surface area (Å²) in [4.78, 5) is 39.4. The maximum absolute atomic E-state index is 13.4. The molecule has 0 bridgehead atoms. The molecule has 1 spiro atoms. The van der Waals surface area contributed by atoms with E-state index < -0.39 is 0 Å². The van der Waals surface area contributed by atoms with E-state index in [9.17, 15) is 9.59 Å². The number of amides is 3. The molecule has 47 heavy (non-hydrogen) atoms. The van der Waals surface area contributed by atoms with Crippen LogP contribution >= 0.6 is 0 Å². The minimum absolute atomic E-state index is 0.116. The van der Waals surface area contributed by atoms with Gasteiger partial charge >= 0.3 is 6.03 Å². The fourth-order valence-electron chi connectivity index (χ4n) is 7.18. The summed E-state index contributed by atoms with van der Waals surface area (Å²) in [5.41, 5.74) is 6.02. The Balaban J connectivity index is 1.05. The van der Waals surface area contributed by atoms with Crippen molar-refractivity contribution in [3.05, 3.63) is 138 Å². The number of hydrogen-bond acceptors (Lipinski definition) is 5. The first-order valence-corrected chi connectivity index (χ1v) is 16.1. The summed E-state index contributed by atoms with van der Waals surface area (Å²) in [7, 11) is 2.21. The molecule has 8 heteroatoms. The standard InChI is InChI=1S/C39H38N6O2/c1-28-11-9-10-16-34(28)44(2)39(31-12-5-3-6-13-31)23-21-38(22-24-39)27-45(37(47)43-38)33-25-40-35(41-26-33)29-17-19-30(20-18-29)36(46)42-32-14-7-4-8-15-32/h3-20,25-26H,21-24,27H2,1-2H3,(H,42,46)(H,43,47). The Hall–Kier alpha value is -5.50. The van der Waals surface area contributed by atoms with Crippen molar-refractivity contribution in [2.24, 2.45) is 0 Å². The van der Waals surface area contributed by atoms with Crippen molar-refractivity contribution in [3.8, 4) is 11.4 Å². The van der Waals surface area contributed by atoms with Crippen molar-refractivity contribution in [2.45, 2.75) is 43.7 Å². The topological polar surface area (TPSA) is 90.5 Å². The van der Waals surface area contributed by atoms with Crippen LogP contribution in [0.1, 0.15) is 47.2 Å². The van der Waals surface area contributed by atoms with E-state index in [2.05, 4.69) is 94.1 Å². The zero-order valence-corrected chi connectivity index (χ0v) is 26.7. The molecule has 1 saturated carbocycles. The van der Waals surface area contributed by atoms with E-state index in [1.54, 1.807) is 29.4 Å². The average Bonchev–Trinajstić information content (AvgIpc) is 3.44. The summed E-state index contributed by atoms with van der Waals surface area (Å²) in [6.45, 7) is 2.73. The summed E-state index contributed by atoms with van der Waals surface area (Å²) >= 11 is 0. The van der Waals surface area contributed by atoms with E-state index in [1.165, 1.54) is 16.8 Å². The summed E-state index contributed by atoms with van der Waals surface area (Å²) in [5, 5.41) is 6.25. The van der Waals surface area contributed by atoms with Crippen molar-refractivity contribution < 1.29 is 9.59 Å². The van der Waals surface area contributed by atoms with Gasteiger partial charge in [-0.25, -0.2) is 14.8 Å². The molecule has 0 unspecified atom stereocenters. The van der Waals surface area contributed by atoms with Gasteiger partial charge in [-0.3, -0.25) is 9.69 Å². The third kappa shape index (κ3) is 5.83. The number of aryl methyl sites for hydroxylation is 1. The van der Waals surface area contributed by atoms with Crippen LogP contribution in [0.2, 0.25) is 0 Å². The molecule has 1 aliphatic carbocycles. The first kappa shape index (κ1) is 30.2. The Morgan fingerprint density at radius 3 is 2.09 bits per heavy atom. The van der Waals surface area contributed by atoms with Crippen LogP contribution in [0.25, 0.3) is 11.4 Å². The van der Waals surface area contributed by atoms with Gasteiger partial charge < -0.3 is 15.5 Å². The molecule has 1 aliphatic heterocycles. The number of urea groups is 1. The van der Waals surface area contributed by atoms with Crippen molar-refractivity contribution in [1.82, 2.24) is 15.3 Å². The molecular formula is C39H38N6O2. The number of nitrogens with one attached hydrogen (secondary N) is 2. The summed E-state index contributed by atoms with van der Waals surface area (Å²) in [5.74, 6) is 0.348. The van der Waals surface area contributed by atoms with Crippen molar-refractivity contribution in [2.75, 3.05) is 28.7 Å². The van der Waals surface area contributed by atoms with Gasteiger partial charge in [0, 0.05) is 29.5 Å². The van der Waals surface area contributed by atoms with Crippen LogP contribution in [-0.4, -0.2) is 41.0 Å². The minimum atomic E-state index is -0.323. The average molecular weight is 623 g/mol. The molecule has 1 saturated heterocycles. The number of aromatic nitrogens is 2. The second-order valence-electron chi connectivity index (χ2n) is 12.7. The van der Waals surface area contributed by atoms with E-state index in [0.29, 0.717) is 23.6 Å². The van der Waals surface area contributed by atoms with Gasteiger partial charge in [0.15, 0.2) is 5.82 Å². The summed E-state index contributed by atoms with van der Waals surface area (Å²) in [6.07, 6.45) is 6.93. The molecule has 4 aromatic carbocycles. The lowest BCUT2D eigenvalue weighted by atomic mass is 9.68. The van der Waals surface area contributed by atoms with Crippen LogP contribution in [0.4, 0.5) is 21.9 Å². The Labute approximate surface area is 275 Å². The zero-order chi connectivity index (χ0) is 32.4. The van der Waals surface area contributed by atoms with E-state index in [4.69, 9.17) is 0 Å². The van der Waals surface area contributed by atoms with Gasteiger partial charge in [0.1, 0.15) is 0 Å². The third-order valence-electron chi connectivity index (χ3n) is 9.93. The number of hydrogen-bond donors (Lipinski definition) is 2. The van der Waals surface area contributed by atoms with Gasteiger partial charge in [0.2, 0.25) is 0 Å². The van der Waals surface area contributed by atoms with Gasteiger partial charge in [-0.15, -0.1) is 0 Å². The predicted octanol–water partition coefficient (Wildman–Crippen LogP) is 7.58. The molecule has 0 atom stereocenters. The van der Waals surface area contributed by atoms with Gasteiger partial charge in [0.05, 0.1) is 35.7 Å². The van der Waals surface area contributed by atoms with E-state index in [1.807, 2.05) is 42.5 Å². The molecule has 2 aliphatic rings. The molecule has 2 fully saturated rings. The molecule has 2 heterocycles. The van der Waals surface area contributed by atoms with E-state index in [-0.39, 0.29) is 23.0 Å². The molecule has 1 aromatic heterocycles. The molecular weight excluding hydrogens is 584 g/mol. The second-order valence-corrected chi connectivity index (χ2v) is 12.7. The number of carbonyl (C=O) groups is 2. The summed E-state index contributed by atoms with van der Waals surface area (Å²) in [6, 6.07) is 35.8. The van der Waals surface area contributed by atoms with Gasteiger partial charge in [-0.2, -0.15) is 0 Å². The number of anilines is 3. The number of benzene rings is 4. The maximum atomic E-state index is 13.4. The van der Waals surface area contributed by atoms with Crippen LogP contribution in [0.5, 0.6) is 0 Å². The Bertz CT molecular complexity index is 1870. The van der Waals surface area contributed by atoms with Crippen LogP contribution in [0, 0.1) is 6.92 Å². The molecule has 236 valence electrons. The molecule has 0 radical (unpaired) electrons. The SMILES string of the molecule is Cc1ccccc1N(C)C1(c2ccccc2)CCC2(CC1)CN(c1cnc(-c3ccc(C(=O)Nc4ccccc4)cc3)nc1)C(=O)N2. The number of carbonyl (C=O) groups excluding carboxylic acids is 2. The fourth-order valence-corrected chi connectivity index (χ4v) is 7.18. The van der Waals surface area contributed by atoms with Crippen molar-refractivity contribution >= 4 is 29.0 Å². The smallest absolute Gasteiger partial charge is 0.322 e. The molecule has 2 N–H and O–H groups in total. The number of rotatable bonds is 7. The summed E-state index contributed by atoms with van der Waals surface area (Å²) < 4.78 is 0. The van der Waals surface area contributed by atoms with Crippen LogP contribution in [0.3, 0.4) is 0 Å². The van der Waals surface area contributed by atoms with Crippen molar-refractivity contribution in [1.29, 1.82) is 0 Å². The second kappa shape index (κ2) is 12.4. The molecule has 3 amide bonds. The van der Waals surface area contributed by atoms with Crippen LogP contribution in [0.15, 0.2) is 122 Å². The largest absolute Gasteiger partial charge is 0.365 e. The first-order chi connectivity index (χ1) is 22.9. The lowest BCUT2D eigenvalue weighted by Gasteiger charge is -2.51. The quantitative estimate of drug-likeness (QED) is 0.195. The molecule has 7 rings (SSSR count). The Kier molecular flexibility index (Phi) is 7.93. The van der Waals surface area contributed by atoms with Crippen LogP contribution < -0.4 is 20.4 Å². The van der Waals surface area contributed by atoms with Gasteiger partial charge in [0.25, 0.3) is 5.91 Å². The Morgan fingerprint density at radius 2 is 1.43 bits per heavy atom. The lowest BCUT2D eigenvalue weighted by molar-refractivity contribution is 0.102. The molecule has 8 nitrogen and oxygen atoms in total. The fraction of sp³-hybridized carbons (Fsp3) is 0.231. The third-order valence-corrected chi connectivity index (χ3v) is 9.93. The monoisotopic (exact) mass is 622 g/mol. The van der Waals surface area contributed by atoms with E-state index in [0.717, 1.165) is 36.9 Å². The molecule has 5 aromatic rings. The highest BCUT2D eigenvalue weighted by Crippen LogP contribution is 2.48. The predicted molar refractivity (Wildman–Crippen MR) is 187 cm³/mol.